The Balaban J connectivity index is 1.99. The van der Waals surface area contributed by atoms with E-state index in [1.54, 1.807) is 37.9 Å². The molecule has 1 saturated carbocycles. The van der Waals surface area contributed by atoms with Crippen LogP contribution in [0.2, 0.25) is 0 Å². The Morgan fingerprint density at radius 2 is 1.27 bits per heavy atom. The average molecular weight is 227 g/mol. The molecule has 88 valence electrons. The maximum Gasteiger partial charge on any atom is 0.118 e. The second-order valence-electron chi connectivity index (χ2n) is 5.59. The van der Waals surface area contributed by atoms with Gasteiger partial charge in [-0.2, -0.15) is 0 Å². The molecule has 15 heavy (non-hydrogen) atoms. The van der Waals surface area contributed by atoms with Gasteiger partial charge in [0.15, 0.2) is 0 Å². The lowest BCUT2D eigenvalue weighted by Gasteiger charge is -2.24. The van der Waals surface area contributed by atoms with E-state index in [0.29, 0.717) is 0 Å². The lowest BCUT2D eigenvalue weighted by atomic mass is 9.89. The van der Waals surface area contributed by atoms with Crippen molar-refractivity contribution in [2.45, 2.75) is 69.5 Å². The summed E-state index contributed by atoms with van der Waals surface area (Å²) < 4.78 is 0. The molecule has 3 fully saturated rings. The third-order valence-corrected chi connectivity index (χ3v) is 6.97. The van der Waals surface area contributed by atoms with Crippen LogP contribution in [-0.2, 0) is 10.9 Å². The van der Waals surface area contributed by atoms with Crippen LogP contribution in [-0.4, -0.2) is 17.3 Å². The second kappa shape index (κ2) is 6.18. The molecule has 2 bridgehead atoms. The molecule has 3 rings (SSSR count). The lowest BCUT2D eigenvalue weighted by molar-refractivity contribution is 0.364. The van der Waals surface area contributed by atoms with Crippen LogP contribution in [0.25, 0.3) is 0 Å². The van der Waals surface area contributed by atoms with Gasteiger partial charge < -0.3 is 0 Å². The van der Waals surface area contributed by atoms with Gasteiger partial charge >= 0.3 is 0 Å². The Bertz CT molecular complexity index is 164. The monoisotopic (exact) mass is 227 g/mol. The third kappa shape index (κ3) is 3.69. The normalized spacial score (nSPS) is 39.4. The zero-order valence-electron chi connectivity index (χ0n) is 10.3. The zero-order chi connectivity index (χ0) is 10.5. The predicted octanol–water partition coefficient (Wildman–Crippen LogP) is 4.15. The Morgan fingerprint density at radius 1 is 0.733 bits per heavy atom. The van der Waals surface area contributed by atoms with E-state index in [1.807, 2.05) is 0 Å². The molecule has 0 radical (unpaired) electrons. The van der Waals surface area contributed by atoms with Crippen molar-refractivity contribution < 1.29 is 0 Å². The van der Waals surface area contributed by atoms with E-state index in [4.69, 9.17) is 0 Å². The smallest absolute Gasteiger partial charge is 0.0529 e. The maximum absolute atomic E-state index is 2.54. The summed E-state index contributed by atoms with van der Waals surface area (Å²) in [6.45, 7) is 0. The van der Waals surface area contributed by atoms with Crippen molar-refractivity contribution in [1.29, 1.82) is 0 Å². The first-order valence-corrected chi connectivity index (χ1v) is 8.84. The molecular formula is C14H27S+. The Morgan fingerprint density at radius 3 is 1.93 bits per heavy atom. The summed E-state index contributed by atoms with van der Waals surface area (Å²) in [5.74, 6) is 2.64. The molecule has 0 spiro atoms. The average Bonchev–Trinajstić information content (AvgIpc) is 2.27. The van der Waals surface area contributed by atoms with Crippen LogP contribution < -0.4 is 0 Å². The van der Waals surface area contributed by atoms with E-state index in [-0.39, 0.29) is 0 Å². The number of fused-ring (bicyclic) bond motifs is 9. The second-order valence-corrected chi connectivity index (χ2v) is 8.05. The molecule has 3 aliphatic rings. The molecule has 1 unspecified atom stereocenters. The zero-order valence-corrected chi connectivity index (χ0v) is 11.2. The van der Waals surface area contributed by atoms with Crippen molar-refractivity contribution in [2.75, 3.05) is 12.0 Å². The minimum atomic E-state index is 0.744. The van der Waals surface area contributed by atoms with Crippen molar-refractivity contribution >= 4 is 10.9 Å². The van der Waals surface area contributed by atoms with Gasteiger partial charge in [-0.25, -0.2) is 0 Å². The first-order valence-electron chi connectivity index (χ1n) is 6.97. The SMILES string of the molecule is C[S+]1CCCC2CCCCC1CCCC2. The summed E-state index contributed by atoms with van der Waals surface area (Å²) in [5.41, 5.74) is 0. The van der Waals surface area contributed by atoms with Gasteiger partial charge in [-0.1, -0.05) is 25.7 Å². The molecule has 1 heteroatoms. The van der Waals surface area contributed by atoms with Gasteiger partial charge in [0, 0.05) is 0 Å². The fourth-order valence-corrected chi connectivity index (χ4v) is 5.45. The van der Waals surface area contributed by atoms with Crippen molar-refractivity contribution in [2.24, 2.45) is 5.92 Å². The third-order valence-electron chi connectivity index (χ3n) is 4.42. The molecule has 2 aliphatic heterocycles. The molecule has 2 heterocycles. The minimum absolute atomic E-state index is 0.744. The number of hydrogen-bond acceptors (Lipinski definition) is 0. The molecule has 0 aromatic heterocycles. The van der Waals surface area contributed by atoms with Crippen LogP contribution in [0.4, 0.5) is 0 Å². The van der Waals surface area contributed by atoms with Gasteiger partial charge in [0.05, 0.1) is 6.26 Å². The summed E-state index contributed by atoms with van der Waals surface area (Å²) in [5, 5.41) is 1.10. The fourth-order valence-electron chi connectivity index (χ4n) is 3.36. The molecule has 1 aliphatic carbocycles. The van der Waals surface area contributed by atoms with E-state index >= 15 is 0 Å². The van der Waals surface area contributed by atoms with Gasteiger partial charge in [0.2, 0.25) is 0 Å². The molecule has 1 atom stereocenters. The van der Waals surface area contributed by atoms with Crippen LogP contribution in [0.1, 0.15) is 64.2 Å². The molecule has 0 N–H and O–H groups in total. The maximum atomic E-state index is 2.54. The van der Waals surface area contributed by atoms with Crippen molar-refractivity contribution in [3.05, 3.63) is 0 Å². The molecule has 2 saturated heterocycles. The van der Waals surface area contributed by atoms with Crippen molar-refractivity contribution in [1.82, 2.24) is 0 Å². The highest BCUT2D eigenvalue weighted by Crippen LogP contribution is 2.30. The van der Waals surface area contributed by atoms with E-state index in [2.05, 4.69) is 6.26 Å². The van der Waals surface area contributed by atoms with Gasteiger partial charge in [0.1, 0.15) is 11.0 Å². The van der Waals surface area contributed by atoms with Crippen LogP contribution in [0.3, 0.4) is 0 Å². The van der Waals surface area contributed by atoms with E-state index in [9.17, 15) is 0 Å². The topological polar surface area (TPSA) is 0 Å². The molecule has 0 aromatic rings. The van der Waals surface area contributed by atoms with Crippen molar-refractivity contribution in [3.8, 4) is 0 Å². The first kappa shape index (κ1) is 11.8. The summed E-state index contributed by atoms with van der Waals surface area (Å²) in [6.07, 6.45) is 17.9. The van der Waals surface area contributed by atoms with Gasteiger partial charge in [-0.3, -0.25) is 0 Å². The largest absolute Gasteiger partial charge is 0.118 e. The van der Waals surface area contributed by atoms with Crippen LogP contribution in [0.15, 0.2) is 0 Å². The summed E-state index contributed by atoms with van der Waals surface area (Å²) in [4.78, 5) is 0. The number of rotatable bonds is 0. The highest BCUT2D eigenvalue weighted by Gasteiger charge is 2.27. The Hall–Kier alpha value is 0.350. The minimum Gasteiger partial charge on any atom is -0.0529 e. The molecule has 0 amide bonds. The predicted molar refractivity (Wildman–Crippen MR) is 71.6 cm³/mol. The summed E-state index contributed by atoms with van der Waals surface area (Å²) >= 11 is 0. The Labute approximate surface area is 98.6 Å². The van der Waals surface area contributed by atoms with E-state index < -0.39 is 0 Å². The first-order chi connectivity index (χ1) is 7.36. The number of hydrogen-bond donors (Lipinski definition) is 0. The summed E-state index contributed by atoms with van der Waals surface area (Å²) in [6, 6.07) is 0. The lowest BCUT2D eigenvalue weighted by Crippen LogP contribution is -2.25. The standard InChI is InChI=1S/C14H27S/c1-15-12-6-9-13-7-2-4-10-14(15)11-5-3-8-13/h13-14H,2-12H2,1H3/q+1. The van der Waals surface area contributed by atoms with E-state index in [1.165, 1.54) is 32.1 Å². The quantitative estimate of drug-likeness (QED) is 0.545. The molecular weight excluding hydrogens is 200 g/mol. The Kier molecular flexibility index (Phi) is 4.87. The molecule has 0 aromatic carbocycles. The fraction of sp³-hybridized carbons (Fsp3) is 1.00. The van der Waals surface area contributed by atoms with Gasteiger partial charge in [-0.15, -0.1) is 0 Å². The highest BCUT2D eigenvalue weighted by molar-refractivity contribution is 7.96. The van der Waals surface area contributed by atoms with Crippen LogP contribution >= 0.6 is 0 Å². The van der Waals surface area contributed by atoms with E-state index in [0.717, 1.165) is 22.1 Å². The van der Waals surface area contributed by atoms with Crippen molar-refractivity contribution in [3.63, 3.8) is 0 Å². The summed E-state index contributed by atoms with van der Waals surface area (Å²) in [7, 11) is 0.744. The molecule has 0 nitrogen and oxygen atoms in total. The van der Waals surface area contributed by atoms with Crippen LogP contribution in [0, 0.1) is 5.92 Å². The highest BCUT2D eigenvalue weighted by atomic mass is 32.2. The van der Waals surface area contributed by atoms with Gasteiger partial charge in [-0.05, 0) is 55.3 Å². The van der Waals surface area contributed by atoms with Crippen LogP contribution in [0.5, 0.6) is 0 Å². The van der Waals surface area contributed by atoms with Gasteiger partial charge in [0.25, 0.3) is 0 Å².